The molecule has 1 amide bonds. The summed E-state index contributed by atoms with van der Waals surface area (Å²) in [5.74, 6) is 0.325. The van der Waals surface area contributed by atoms with Crippen LogP contribution < -0.4 is 5.32 Å². The van der Waals surface area contributed by atoms with Gasteiger partial charge in [0, 0.05) is 6.61 Å². The van der Waals surface area contributed by atoms with Crippen molar-refractivity contribution in [1.82, 2.24) is 5.32 Å². The van der Waals surface area contributed by atoms with Gasteiger partial charge < -0.3 is 15.5 Å². The van der Waals surface area contributed by atoms with Crippen molar-refractivity contribution in [2.24, 2.45) is 5.92 Å². The number of amides is 1. The zero-order valence-electron chi connectivity index (χ0n) is 15.5. The lowest BCUT2D eigenvalue weighted by atomic mass is 9.75. The molecule has 1 heterocycles. The highest BCUT2D eigenvalue weighted by Gasteiger charge is 2.48. The van der Waals surface area contributed by atoms with Gasteiger partial charge in [-0.1, -0.05) is 31.5 Å². The van der Waals surface area contributed by atoms with Crippen LogP contribution in [0.3, 0.4) is 0 Å². The van der Waals surface area contributed by atoms with E-state index in [0.29, 0.717) is 18.4 Å². The molecular formula is C21H29NO3. The minimum absolute atomic E-state index is 0.159. The maximum atomic E-state index is 12.9. The Morgan fingerprint density at radius 3 is 2.20 bits per heavy atom. The Kier molecular flexibility index (Phi) is 4.92. The summed E-state index contributed by atoms with van der Waals surface area (Å²) in [7, 11) is 0. The first-order valence-electron chi connectivity index (χ1n) is 9.45. The first kappa shape index (κ1) is 18.0. The molecule has 0 radical (unpaired) electrons. The number of rotatable bonds is 4. The number of carbonyl (C=O) groups is 1. The first-order chi connectivity index (χ1) is 12.0. The molecule has 0 bridgehead atoms. The molecule has 1 aliphatic carbocycles. The molecular weight excluding hydrogens is 314 g/mol. The molecule has 0 saturated heterocycles. The van der Waals surface area contributed by atoms with Gasteiger partial charge in [-0.3, -0.25) is 4.79 Å². The third-order valence-electron chi connectivity index (χ3n) is 5.94. The average molecular weight is 343 g/mol. The van der Waals surface area contributed by atoms with E-state index >= 15 is 0 Å². The molecule has 1 aliphatic heterocycles. The van der Waals surface area contributed by atoms with Crippen molar-refractivity contribution in [3.63, 3.8) is 0 Å². The fraction of sp³-hybridized carbons (Fsp3) is 0.571. The SMILES string of the molecule is CCc1cc(C)cc(CC)c1C1=C(O)C2(CCC(CO)CC2)NC1=O. The van der Waals surface area contributed by atoms with E-state index in [1.807, 2.05) is 0 Å². The number of aliphatic hydroxyl groups excluding tert-OH is 2. The molecule has 3 N–H and O–H groups in total. The van der Waals surface area contributed by atoms with Gasteiger partial charge in [-0.15, -0.1) is 0 Å². The molecule has 1 saturated carbocycles. The number of carbonyl (C=O) groups excluding carboxylic acids is 1. The van der Waals surface area contributed by atoms with E-state index in [-0.39, 0.29) is 24.2 Å². The third-order valence-corrected chi connectivity index (χ3v) is 5.94. The quantitative estimate of drug-likeness (QED) is 0.784. The van der Waals surface area contributed by atoms with Crippen molar-refractivity contribution >= 4 is 11.5 Å². The molecule has 1 aromatic rings. The summed E-state index contributed by atoms with van der Waals surface area (Å²) < 4.78 is 0. The highest BCUT2D eigenvalue weighted by atomic mass is 16.3. The van der Waals surface area contributed by atoms with Gasteiger partial charge in [-0.25, -0.2) is 0 Å². The molecule has 25 heavy (non-hydrogen) atoms. The van der Waals surface area contributed by atoms with Crippen molar-refractivity contribution in [2.75, 3.05) is 6.61 Å². The molecule has 0 unspecified atom stereocenters. The highest BCUT2D eigenvalue weighted by Crippen LogP contribution is 2.44. The standard InChI is InChI=1S/C21H29NO3/c1-4-15-10-13(3)11-16(5-2)17(15)18-19(24)21(22-20(18)25)8-6-14(12-23)7-9-21/h10-11,14,23-24H,4-9,12H2,1-3H3,(H,22,25). The Labute approximate surface area is 150 Å². The minimum atomic E-state index is -0.640. The van der Waals surface area contributed by atoms with Gasteiger partial charge in [0.2, 0.25) is 0 Å². The van der Waals surface area contributed by atoms with Crippen LogP contribution in [0.2, 0.25) is 0 Å². The lowest BCUT2D eigenvalue weighted by Gasteiger charge is -2.36. The maximum absolute atomic E-state index is 12.9. The molecule has 4 nitrogen and oxygen atoms in total. The highest BCUT2D eigenvalue weighted by molar-refractivity contribution is 6.24. The van der Waals surface area contributed by atoms with Crippen LogP contribution in [0.4, 0.5) is 0 Å². The summed E-state index contributed by atoms with van der Waals surface area (Å²) in [5, 5.41) is 23.5. The molecule has 2 aliphatic rings. The van der Waals surface area contributed by atoms with Crippen LogP contribution >= 0.6 is 0 Å². The first-order valence-corrected chi connectivity index (χ1v) is 9.45. The molecule has 0 atom stereocenters. The predicted octanol–water partition coefficient (Wildman–Crippen LogP) is 3.44. The van der Waals surface area contributed by atoms with Crippen molar-refractivity contribution < 1.29 is 15.0 Å². The van der Waals surface area contributed by atoms with Gasteiger partial charge in [0.15, 0.2) is 0 Å². The van der Waals surface area contributed by atoms with Gasteiger partial charge in [-0.2, -0.15) is 0 Å². The summed E-state index contributed by atoms with van der Waals surface area (Å²) in [6.45, 7) is 6.43. The minimum Gasteiger partial charge on any atom is -0.509 e. The van der Waals surface area contributed by atoms with Crippen LogP contribution in [0.15, 0.2) is 17.9 Å². The lowest BCUT2D eigenvalue weighted by molar-refractivity contribution is -0.116. The normalized spacial score (nSPS) is 26.4. The maximum Gasteiger partial charge on any atom is 0.256 e. The van der Waals surface area contributed by atoms with E-state index in [0.717, 1.165) is 42.4 Å². The molecule has 0 aromatic heterocycles. The molecule has 4 heteroatoms. The fourth-order valence-electron chi connectivity index (χ4n) is 4.45. The molecule has 136 valence electrons. The topological polar surface area (TPSA) is 69.6 Å². The Hall–Kier alpha value is -1.81. The van der Waals surface area contributed by atoms with E-state index in [1.165, 1.54) is 5.56 Å². The summed E-state index contributed by atoms with van der Waals surface area (Å²) in [6.07, 6.45) is 4.68. The average Bonchev–Trinajstić information content (AvgIpc) is 2.85. The van der Waals surface area contributed by atoms with Crippen LogP contribution in [0, 0.1) is 12.8 Å². The molecule has 1 spiro atoms. The molecule has 1 aromatic carbocycles. The van der Waals surface area contributed by atoms with Gasteiger partial charge in [0.25, 0.3) is 5.91 Å². The van der Waals surface area contributed by atoms with E-state index in [2.05, 4.69) is 38.2 Å². The fourth-order valence-corrected chi connectivity index (χ4v) is 4.45. The number of benzene rings is 1. The number of nitrogens with one attached hydrogen (secondary N) is 1. The van der Waals surface area contributed by atoms with E-state index in [9.17, 15) is 15.0 Å². The van der Waals surface area contributed by atoms with Crippen molar-refractivity contribution in [3.05, 3.63) is 40.1 Å². The second-order valence-corrected chi connectivity index (χ2v) is 7.55. The zero-order chi connectivity index (χ0) is 18.2. The molecule has 1 fully saturated rings. The smallest absolute Gasteiger partial charge is 0.256 e. The van der Waals surface area contributed by atoms with Gasteiger partial charge >= 0.3 is 0 Å². The van der Waals surface area contributed by atoms with Crippen molar-refractivity contribution in [2.45, 2.75) is 64.8 Å². The van der Waals surface area contributed by atoms with Crippen LogP contribution in [-0.4, -0.2) is 28.3 Å². The van der Waals surface area contributed by atoms with Gasteiger partial charge in [-0.05, 0) is 68.1 Å². The van der Waals surface area contributed by atoms with Crippen LogP contribution in [0.25, 0.3) is 5.57 Å². The number of hydrogen-bond donors (Lipinski definition) is 3. The number of hydrogen-bond acceptors (Lipinski definition) is 3. The lowest BCUT2D eigenvalue weighted by Crippen LogP contribution is -2.47. The van der Waals surface area contributed by atoms with Crippen LogP contribution in [0.5, 0.6) is 0 Å². The Bertz CT molecular complexity index is 687. The second kappa shape index (κ2) is 6.83. The third kappa shape index (κ3) is 2.97. The monoisotopic (exact) mass is 343 g/mol. The largest absolute Gasteiger partial charge is 0.509 e. The summed E-state index contributed by atoms with van der Waals surface area (Å²) in [6, 6.07) is 4.24. The van der Waals surface area contributed by atoms with E-state index < -0.39 is 5.54 Å². The molecule has 3 rings (SSSR count). The summed E-state index contributed by atoms with van der Waals surface area (Å²) in [4.78, 5) is 12.9. The summed E-state index contributed by atoms with van der Waals surface area (Å²) in [5.41, 5.74) is 4.18. The predicted molar refractivity (Wildman–Crippen MR) is 99.4 cm³/mol. The van der Waals surface area contributed by atoms with Gasteiger partial charge in [0.05, 0.1) is 11.1 Å². The number of aryl methyl sites for hydroxylation is 3. The summed E-state index contributed by atoms with van der Waals surface area (Å²) >= 11 is 0. The van der Waals surface area contributed by atoms with E-state index in [4.69, 9.17) is 0 Å². The Morgan fingerprint density at radius 1 is 1.16 bits per heavy atom. The Morgan fingerprint density at radius 2 is 1.72 bits per heavy atom. The van der Waals surface area contributed by atoms with Crippen molar-refractivity contribution in [3.8, 4) is 0 Å². The Balaban J connectivity index is 2.09. The second-order valence-electron chi connectivity index (χ2n) is 7.55. The van der Waals surface area contributed by atoms with Gasteiger partial charge in [0.1, 0.15) is 5.76 Å². The van der Waals surface area contributed by atoms with Crippen LogP contribution in [0.1, 0.15) is 61.8 Å². The van der Waals surface area contributed by atoms with E-state index in [1.54, 1.807) is 0 Å². The number of aliphatic hydroxyl groups is 2. The van der Waals surface area contributed by atoms with Crippen LogP contribution in [-0.2, 0) is 17.6 Å². The van der Waals surface area contributed by atoms with Crippen molar-refractivity contribution in [1.29, 1.82) is 0 Å². The zero-order valence-corrected chi connectivity index (χ0v) is 15.5.